The number of esters is 1. The molecule has 3 N–H and O–H groups in total. The molecule has 2 heterocycles. The number of hydrogen-bond acceptors (Lipinski definition) is 8. The molecular weight excluding hydrogens is 478 g/mol. The first-order valence-electron chi connectivity index (χ1n) is 12.2. The molecule has 37 heavy (non-hydrogen) atoms. The van der Waals surface area contributed by atoms with Gasteiger partial charge in [-0.1, -0.05) is 25.2 Å². The summed E-state index contributed by atoms with van der Waals surface area (Å²) in [5.41, 5.74) is -0.339. The lowest BCUT2D eigenvalue weighted by molar-refractivity contribution is -0.147. The molecule has 9 nitrogen and oxygen atoms in total. The van der Waals surface area contributed by atoms with E-state index in [4.69, 9.17) is 4.74 Å². The number of carbonyl (C=O) groups excluding carboxylic acids is 5. The predicted molar refractivity (Wildman–Crippen MR) is 134 cm³/mol. The third-order valence-electron chi connectivity index (χ3n) is 6.59. The minimum atomic E-state index is -1.09. The maximum absolute atomic E-state index is 13.2. The van der Waals surface area contributed by atoms with Crippen molar-refractivity contribution in [1.29, 1.82) is 0 Å². The number of nitrogens with one attached hydrogen (secondary N) is 1. The van der Waals surface area contributed by atoms with Crippen molar-refractivity contribution in [2.24, 2.45) is 5.92 Å². The highest BCUT2D eigenvalue weighted by Crippen LogP contribution is 2.34. The van der Waals surface area contributed by atoms with E-state index in [-0.39, 0.29) is 58.0 Å². The Hall–Kier alpha value is -3.85. The number of allylic oxidation sites excluding steroid dienone is 3. The van der Waals surface area contributed by atoms with Crippen LogP contribution in [0.2, 0.25) is 0 Å². The molecular formula is C28H31NO8. The Balaban J connectivity index is 2.06. The highest BCUT2D eigenvalue weighted by molar-refractivity contribution is 6.28. The van der Waals surface area contributed by atoms with Gasteiger partial charge in [-0.15, -0.1) is 0 Å². The summed E-state index contributed by atoms with van der Waals surface area (Å²) in [7, 11) is 0. The van der Waals surface area contributed by atoms with Crippen LogP contribution < -0.4 is 5.32 Å². The van der Waals surface area contributed by atoms with Crippen LogP contribution in [0.3, 0.4) is 0 Å². The van der Waals surface area contributed by atoms with E-state index < -0.39 is 41.4 Å². The van der Waals surface area contributed by atoms with Crippen LogP contribution in [-0.4, -0.2) is 51.6 Å². The average molecular weight is 510 g/mol. The zero-order chi connectivity index (χ0) is 27.4. The van der Waals surface area contributed by atoms with Gasteiger partial charge in [-0.2, -0.15) is 0 Å². The molecule has 2 aliphatic heterocycles. The van der Waals surface area contributed by atoms with Crippen molar-refractivity contribution in [1.82, 2.24) is 5.32 Å². The largest absolute Gasteiger partial charge is 0.507 e. The Morgan fingerprint density at radius 3 is 2.46 bits per heavy atom. The molecule has 1 unspecified atom stereocenters. The normalized spacial score (nSPS) is 23.8. The maximum Gasteiger partial charge on any atom is 0.333 e. The molecule has 3 atom stereocenters. The Bertz CT molecular complexity index is 1250. The molecule has 4 bridgehead atoms. The number of phenolic OH excluding ortho intramolecular Hbond substituents is 1. The topological polar surface area (TPSA) is 147 Å². The van der Waals surface area contributed by atoms with Crippen molar-refractivity contribution < 1.29 is 38.9 Å². The molecule has 0 spiro atoms. The first-order chi connectivity index (χ1) is 17.4. The van der Waals surface area contributed by atoms with Gasteiger partial charge < -0.3 is 20.3 Å². The number of ether oxygens (including phenoxy) is 1. The summed E-state index contributed by atoms with van der Waals surface area (Å²) >= 11 is 0. The van der Waals surface area contributed by atoms with Gasteiger partial charge in [0.1, 0.15) is 18.0 Å². The lowest BCUT2D eigenvalue weighted by atomic mass is 9.84. The lowest BCUT2D eigenvalue weighted by Crippen LogP contribution is -2.32. The number of carbonyl (C=O) groups is 5. The van der Waals surface area contributed by atoms with E-state index in [2.05, 4.69) is 5.32 Å². The van der Waals surface area contributed by atoms with Crippen LogP contribution in [-0.2, 0) is 14.3 Å². The standard InChI is InChI=1S/C28H31NO8/c1-5-17-7-9-20(30)16(4)37-28(36)14(2)6-11-23(33)29-19-13-22(32)24-18(27(19)35)12-15(3)26(34)25(24)21(31)10-8-17/h6-7,9,12-13,16-17,20,30,34H,5,8,10-11H2,1-4H3,(H,29,33)/t16-,17?,20-/m0/s1. The van der Waals surface area contributed by atoms with Crippen LogP contribution in [0.5, 0.6) is 5.75 Å². The van der Waals surface area contributed by atoms with Crippen molar-refractivity contribution in [2.45, 2.75) is 65.6 Å². The summed E-state index contributed by atoms with van der Waals surface area (Å²) in [6.45, 7) is 6.43. The first-order valence-corrected chi connectivity index (χ1v) is 12.2. The van der Waals surface area contributed by atoms with Crippen molar-refractivity contribution in [3.8, 4) is 5.75 Å². The van der Waals surface area contributed by atoms with Gasteiger partial charge in [0.15, 0.2) is 11.6 Å². The van der Waals surface area contributed by atoms with Crippen LogP contribution in [0.1, 0.15) is 83.1 Å². The van der Waals surface area contributed by atoms with Crippen LogP contribution >= 0.6 is 0 Å². The Labute approximate surface area is 214 Å². The molecule has 1 aromatic carbocycles. The summed E-state index contributed by atoms with van der Waals surface area (Å²) in [6.07, 6.45) is 4.26. The van der Waals surface area contributed by atoms with E-state index in [1.54, 1.807) is 6.08 Å². The number of aliphatic hydroxyl groups excluding tert-OH is 1. The Morgan fingerprint density at radius 1 is 1.08 bits per heavy atom. The fourth-order valence-corrected chi connectivity index (χ4v) is 4.19. The minimum absolute atomic E-state index is 0.0221. The smallest absolute Gasteiger partial charge is 0.333 e. The fourth-order valence-electron chi connectivity index (χ4n) is 4.19. The van der Waals surface area contributed by atoms with Gasteiger partial charge in [-0.25, -0.2) is 4.79 Å². The number of aliphatic hydroxyl groups is 1. The summed E-state index contributed by atoms with van der Waals surface area (Å²) in [5.74, 6) is -3.67. The second-order valence-corrected chi connectivity index (χ2v) is 9.35. The average Bonchev–Trinajstić information content (AvgIpc) is 2.85. The number of fused-ring (bicyclic) bond motifs is 13. The summed E-state index contributed by atoms with van der Waals surface area (Å²) in [4.78, 5) is 64.2. The molecule has 0 saturated heterocycles. The van der Waals surface area contributed by atoms with Crippen molar-refractivity contribution in [3.63, 3.8) is 0 Å². The summed E-state index contributed by atoms with van der Waals surface area (Å²) in [5, 5.41) is 23.5. The second-order valence-electron chi connectivity index (χ2n) is 9.35. The van der Waals surface area contributed by atoms with Crippen molar-refractivity contribution >= 4 is 29.2 Å². The fraction of sp³-hybridized carbons (Fsp3) is 0.393. The van der Waals surface area contributed by atoms with Gasteiger partial charge in [0.2, 0.25) is 11.7 Å². The van der Waals surface area contributed by atoms with Gasteiger partial charge in [-0.05, 0) is 51.2 Å². The van der Waals surface area contributed by atoms with E-state index in [0.29, 0.717) is 12.8 Å². The number of amides is 1. The van der Waals surface area contributed by atoms with Crippen LogP contribution in [0.4, 0.5) is 0 Å². The zero-order valence-electron chi connectivity index (χ0n) is 21.3. The van der Waals surface area contributed by atoms with Gasteiger partial charge in [-0.3, -0.25) is 19.2 Å². The van der Waals surface area contributed by atoms with E-state index >= 15 is 0 Å². The molecule has 0 saturated carbocycles. The summed E-state index contributed by atoms with van der Waals surface area (Å²) < 4.78 is 5.28. The quantitative estimate of drug-likeness (QED) is 0.386. The number of Topliss-reactive ketones (excluding diaryl/α,β-unsaturated/α-hetero) is 2. The predicted octanol–water partition coefficient (Wildman–Crippen LogP) is 3.27. The number of hydrogen-bond donors (Lipinski definition) is 3. The molecule has 0 fully saturated rings. The molecule has 1 amide bonds. The number of rotatable bonds is 1. The lowest BCUT2D eigenvalue weighted by Gasteiger charge is -2.21. The molecule has 0 radical (unpaired) electrons. The minimum Gasteiger partial charge on any atom is -0.507 e. The van der Waals surface area contributed by atoms with Crippen LogP contribution in [0.15, 0.2) is 41.6 Å². The molecule has 3 aliphatic rings. The van der Waals surface area contributed by atoms with Gasteiger partial charge >= 0.3 is 5.97 Å². The molecule has 4 rings (SSSR count). The molecule has 9 heteroatoms. The van der Waals surface area contributed by atoms with E-state index in [1.165, 1.54) is 39.0 Å². The number of ketones is 3. The zero-order valence-corrected chi connectivity index (χ0v) is 21.3. The first kappa shape index (κ1) is 27.7. The maximum atomic E-state index is 13.2. The van der Waals surface area contributed by atoms with E-state index in [9.17, 15) is 34.2 Å². The van der Waals surface area contributed by atoms with Crippen molar-refractivity contribution in [3.05, 3.63) is 63.9 Å². The molecule has 1 aliphatic carbocycles. The van der Waals surface area contributed by atoms with E-state index in [1.807, 2.05) is 6.92 Å². The molecule has 196 valence electrons. The van der Waals surface area contributed by atoms with Gasteiger partial charge in [0.25, 0.3) is 0 Å². The third-order valence-corrected chi connectivity index (χ3v) is 6.59. The second kappa shape index (κ2) is 11.5. The molecule has 0 aromatic heterocycles. The number of aromatic hydroxyl groups is 1. The van der Waals surface area contributed by atoms with Gasteiger partial charge in [0, 0.05) is 35.6 Å². The highest BCUT2D eigenvalue weighted by atomic mass is 16.6. The molecule has 1 aromatic rings. The van der Waals surface area contributed by atoms with E-state index in [0.717, 1.165) is 6.08 Å². The summed E-state index contributed by atoms with van der Waals surface area (Å²) in [6, 6.07) is 1.33. The Morgan fingerprint density at radius 2 is 1.78 bits per heavy atom. The number of aryl methyl sites for hydroxylation is 1. The Kier molecular flexibility index (Phi) is 8.60. The number of benzene rings is 1. The monoisotopic (exact) mass is 509 g/mol. The third kappa shape index (κ3) is 6.11. The van der Waals surface area contributed by atoms with Crippen LogP contribution in [0, 0.1) is 12.8 Å². The highest BCUT2D eigenvalue weighted by Gasteiger charge is 2.33. The SMILES string of the molecule is CCC1C=C[C@H](O)[C@H](C)OC(=O)C(C)=CCC(=O)NC2=CC(=O)c3c(cc(C)c(O)c3C(=O)CC1)C2=O. The van der Waals surface area contributed by atoms with Crippen molar-refractivity contribution in [2.75, 3.05) is 0 Å². The van der Waals surface area contributed by atoms with Gasteiger partial charge in [0.05, 0.1) is 11.3 Å². The van der Waals surface area contributed by atoms with Crippen LogP contribution in [0.25, 0.3) is 0 Å². The number of phenols is 1.